The Bertz CT molecular complexity index is 3020. The number of fused-ring (bicyclic) bond motifs is 5. The number of benzene rings is 6. The molecular formula is C48H31ClN6O5. The average molecular weight is 807 g/mol. The lowest BCUT2D eigenvalue weighted by atomic mass is 9.89. The van der Waals surface area contributed by atoms with E-state index in [9.17, 15) is 24.0 Å². The monoisotopic (exact) mass is 806 g/mol. The molecule has 6 aromatic carbocycles. The third kappa shape index (κ3) is 6.99. The van der Waals surface area contributed by atoms with Crippen LogP contribution in [-0.2, 0) is 19.2 Å². The minimum atomic E-state index is -0.630. The fourth-order valence-electron chi connectivity index (χ4n) is 7.31. The summed E-state index contributed by atoms with van der Waals surface area (Å²) in [7, 11) is 0. The molecule has 0 heterocycles. The van der Waals surface area contributed by atoms with Gasteiger partial charge in [-0.3, -0.25) is 34.8 Å². The molecule has 0 spiro atoms. The Balaban J connectivity index is 0.939. The van der Waals surface area contributed by atoms with Crippen molar-refractivity contribution in [2.24, 2.45) is 10.2 Å². The van der Waals surface area contributed by atoms with Crippen LogP contribution in [0, 0.1) is 6.92 Å². The molecule has 60 heavy (non-hydrogen) atoms. The van der Waals surface area contributed by atoms with Gasteiger partial charge in [0.15, 0.2) is 5.78 Å². The molecule has 290 valence electrons. The van der Waals surface area contributed by atoms with E-state index < -0.39 is 23.4 Å². The van der Waals surface area contributed by atoms with E-state index in [1.807, 2.05) is 31.2 Å². The maximum Gasteiger partial charge on any atom is 0.259 e. The molecule has 0 radical (unpaired) electrons. The third-order valence-corrected chi connectivity index (χ3v) is 10.6. The van der Waals surface area contributed by atoms with Crippen molar-refractivity contribution in [1.82, 2.24) is 0 Å². The number of nitrogens with one attached hydrogen (secondary N) is 4. The standard InChI is InChI=1S/C48H31ClN6O5/c1-26-9-8-12-29(21-26)50-47(59)38-22-27-10-2-4-13-32(27)42(45(38)57)54-52-30-17-19-34-35-20-18-31(25-37(35)44(56)36(34)24-30)53-55-43-33-14-5-3-11-28(33)23-39(46(43)58)48(60)51-41-16-7-6-15-40(41)49/h2-25,52-53H,1H3,(H,50,59)(H,51,60)/b54-42-,55-43-. The van der Waals surface area contributed by atoms with Gasteiger partial charge >= 0.3 is 0 Å². The number of rotatable bonds is 8. The molecule has 0 saturated heterocycles. The Kier molecular flexibility index (Phi) is 9.63. The van der Waals surface area contributed by atoms with Gasteiger partial charge in [-0.05, 0) is 95.4 Å². The van der Waals surface area contributed by atoms with Gasteiger partial charge in [0, 0.05) is 27.9 Å². The normalized spacial score (nSPS) is 15.0. The Labute approximate surface area is 348 Å². The molecule has 0 atom stereocenters. The first-order chi connectivity index (χ1) is 29.1. The highest BCUT2D eigenvalue weighted by Gasteiger charge is 2.33. The molecule has 12 heteroatoms. The van der Waals surface area contributed by atoms with Crippen molar-refractivity contribution in [1.29, 1.82) is 0 Å². The zero-order valence-electron chi connectivity index (χ0n) is 31.7. The smallest absolute Gasteiger partial charge is 0.259 e. The number of Topliss-reactive ketones (excluding diaryl/α,β-unsaturated/α-hetero) is 2. The molecule has 9 rings (SSSR count). The highest BCUT2D eigenvalue weighted by Crippen LogP contribution is 2.39. The molecule has 3 aliphatic carbocycles. The lowest BCUT2D eigenvalue weighted by molar-refractivity contribution is -0.118. The van der Waals surface area contributed by atoms with Crippen molar-refractivity contribution in [2.75, 3.05) is 21.5 Å². The number of amides is 2. The summed E-state index contributed by atoms with van der Waals surface area (Å²) in [4.78, 5) is 68.1. The molecule has 0 aromatic heterocycles. The Morgan fingerprint density at radius 1 is 0.483 bits per heavy atom. The number of hydrogen-bond acceptors (Lipinski definition) is 9. The average Bonchev–Trinajstić information content (AvgIpc) is 3.53. The number of para-hydroxylation sites is 1. The van der Waals surface area contributed by atoms with Crippen LogP contribution in [0.25, 0.3) is 23.3 Å². The lowest BCUT2D eigenvalue weighted by Crippen LogP contribution is -2.30. The van der Waals surface area contributed by atoms with E-state index in [4.69, 9.17) is 11.6 Å². The first kappa shape index (κ1) is 37.6. The first-order valence-corrected chi connectivity index (χ1v) is 19.2. The molecule has 11 nitrogen and oxygen atoms in total. The van der Waals surface area contributed by atoms with Gasteiger partial charge in [0.2, 0.25) is 11.6 Å². The zero-order valence-corrected chi connectivity index (χ0v) is 32.4. The Hall–Kier alpha value is -8.02. The number of hydrogen-bond donors (Lipinski definition) is 4. The fourth-order valence-corrected chi connectivity index (χ4v) is 7.49. The highest BCUT2D eigenvalue weighted by atomic mass is 35.5. The van der Waals surface area contributed by atoms with E-state index in [0.717, 1.165) is 5.56 Å². The van der Waals surface area contributed by atoms with Gasteiger partial charge < -0.3 is 10.6 Å². The lowest BCUT2D eigenvalue weighted by Gasteiger charge is -2.18. The minimum Gasteiger partial charge on any atom is -0.322 e. The van der Waals surface area contributed by atoms with Crippen LogP contribution in [-0.4, -0.2) is 40.6 Å². The molecular weight excluding hydrogens is 776 g/mol. The summed E-state index contributed by atoms with van der Waals surface area (Å²) in [5, 5.41) is 14.8. The van der Waals surface area contributed by atoms with Crippen LogP contribution in [0.4, 0.5) is 22.7 Å². The molecule has 0 unspecified atom stereocenters. The van der Waals surface area contributed by atoms with Gasteiger partial charge in [-0.2, -0.15) is 10.2 Å². The van der Waals surface area contributed by atoms with Crippen LogP contribution in [0.3, 0.4) is 0 Å². The van der Waals surface area contributed by atoms with Crippen LogP contribution < -0.4 is 21.5 Å². The van der Waals surface area contributed by atoms with Crippen LogP contribution in [0.1, 0.15) is 43.7 Å². The summed E-state index contributed by atoms with van der Waals surface area (Å²) in [5.41, 5.74) is 13.2. The van der Waals surface area contributed by atoms with Crippen LogP contribution in [0.5, 0.6) is 0 Å². The van der Waals surface area contributed by atoms with Gasteiger partial charge in [-0.15, -0.1) is 0 Å². The molecule has 4 N–H and O–H groups in total. The quantitative estimate of drug-likeness (QED) is 0.0884. The van der Waals surface area contributed by atoms with E-state index in [-0.39, 0.29) is 28.4 Å². The number of aryl methyl sites for hydroxylation is 1. The van der Waals surface area contributed by atoms with E-state index in [0.29, 0.717) is 72.3 Å². The van der Waals surface area contributed by atoms with Crippen molar-refractivity contribution >= 4 is 87.1 Å². The summed E-state index contributed by atoms with van der Waals surface area (Å²) in [6.07, 6.45) is 3.08. The van der Waals surface area contributed by atoms with Crippen LogP contribution in [0.2, 0.25) is 5.02 Å². The summed E-state index contributed by atoms with van der Waals surface area (Å²) in [6.45, 7) is 1.91. The molecule has 0 bridgehead atoms. The topological polar surface area (TPSA) is 158 Å². The van der Waals surface area contributed by atoms with Gasteiger partial charge in [0.05, 0.1) is 33.2 Å². The number of hydrazone groups is 2. The minimum absolute atomic E-state index is 0.0263. The second kappa shape index (κ2) is 15.4. The summed E-state index contributed by atoms with van der Waals surface area (Å²) in [6, 6.07) is 38.7. The predicted octanol–water partition coefficient (Wildman–Crippen LogP) is 8.70. The van der Waals surface area contributed by atoms with Crippen LogP contribution in [0.15, 0.2) is 155 Å². The Morgan fingerprint density at radius 3 is 1.55 bits per heavy atom. The van der Waals surface area contributed by atoms with Gasteiger partial charge in [0.1, 0.15) is 11.4 Å². The Morgan fingerprint density at radius 2 is 1.00 bits per heavy atom. The molecule has 6 aromatic rings. The van der Waals surface area contributed by atoms with E-state index in [1.54, 1.807) is 115 Å². The largest absolute Gasteiger partial charge is 0.322 e. The predicted molar refractivity (Wildman–Crippen MR) is 234 cm³/mol. The number of ketones is 3. The third-order valence-electron chi connectivity index (χ3n) is 10.3. The fraction of sp³-hybridized carbons (Fsp3) is 0.0208. The maximum absolute atomic E-state index is 13.9. The van der Waals surface area contributed by atoms with Gasteiger partial charge in [-0.1, -0.05) is 96.5 Å². The zero-order chi connectivity index (χ0) is 41.5. The first-order valence-electron chi connectivity index (χ1n) is 18.8. The maximum atomic E-state index is 13.9. The second-order valence-corrected chi connectivity index (χ2v) is 14.6. The van der Waals surface area contributed by atoms with Crippen molar-refractivity contribution in [3.63, 3.8) is 0 Å². The van der Waals surface area contributed by atoms with Gasteiger partial charge in [0.25, 0.3) is 11.8 Å². The summed E-state index contributed by atoms with van der Waals surface area (Å²) < 4.78 is 0. The van der Waals surface area contributed by atoms with E-state index in [1.165, 1.54) is 6.08 Å². The SMILES string of the molecule is Cc1cccc(NC(=O)C2=Cc3ccccc3/C(=N/Nc3ccc4c(c3)C(=O)c3cc(N/N=C5\C(=O)C(C(=O)Nc6ccccc6Cl)=Cc6ccccc65)ccc3-4)C2=O)c1. The molecule has 0 fully saturated rings. The van der Waals surface area contributed by atoms with E-state index >= 15 is 0 Å². The summed E-state index contributed by atoms with van der Waals surface area (Å²) >= 11 is 6.25. The molecule has 0 saturated carbocycles. The number of carbonyl (C=O) groups excluding carboxylic acids is 5. The van der Waals surface area contributed by atoms with Crippen molar-refractivity contribution in [3.8, 4) is 11.1 Å². The number of halogens is 1. The number of anilines is 4. The van der Waals surface area contributed by atoms with Crippen molar-refractivity contribution in [3.05, 3.63) is 189 Å². The number of nitrogens with zero attached hydrogens (tertiary/aromatic N) is 2. The van der Waals surface area contributed by atoms with Gasteiger partial charge in [-0.25, -0.2) is 0 Å². The van der Waals surface area contributed by atoms with Crippen molar-refractivity contribution < 1.29 is 24.0 Å². The summed E-state index contributed by atoms with van der Waals surface area (Å²) in [5.74, 6) is -2.57. The van der Waals surface area contributed by atoms with Crippen molar-refractivity contribution in [2.45, 2.75) is 6.92 Å². The van der Waals surface area contributed by atoms with E-state index in [2.05, 4.69) is 31.7 Å². The molecule has 2 amide bonds. The molecule has 3 aliphatic rings. The highest BCUT2D eigenvalue weighted by molar-refractivity contribution is 6.60. The molecule has 0 aliphatic heterocycles. The number of carbonyl (C=O) groups is 5. The van der Waals surface area contributed by atoms with Crippen LogP contribution >= 0.6 is 11.6 Å². The second-order valence-electron chi connectivity index (χ2n) is 14.2.